The maximum absolute atomic E-state index is 12.4. The summed E-state index contributed by atoms with van der Waals surface area (Å²) in [5.41, 5.74) is 2.50. The van der Waals surface area contributed by atoms with Gasteiger partial charge in [0.2, 0.25) is 0 Å². The number of nitriles is 1. The molecule has 0 spiro atoms. The molecule has 1 aromatic heterocycles. The molecule has 2 aromatic carbocycles. The van der Waals surface area contributed by atoms with E-state index >= 15 is 0 Å². The SMILES string of the molecule is CC(=O)c1cccc(Nc2cc(C(=O)Nc3ccc(C#N)cc3)ncn2)c1. The van der Waals surface area contributed by atoms with Gasteiger partial charge in [-0.1, -0.05) is 12.1 Å². The van der Waals surface area contributed by atoms with Gasteiger partial charge in [0, 0.05) is 23.0 Å². The van der Waals surface area contributed by atoms with Gasteiger partial charge in [0.15, 0.2) is 5.78 Å². The third-order valence-electron chi connectivity index (χ3n) is 3.71. The summed E-state index contributed by atoms with van der Waals surface area (Å²) >= 11 is 0. The van der Waals surface area contributed by atoms with Crippen LogP contribution in [-0.4, -0.2) is 21.7 Å². The molecule has 7 heteroatoms. The second-order valence-electron chi connectivity index (χ2n) is 5.69. The van der Waals surface area contributed by atoms with E-state index in [0.29, 0.717) is 28.3 Å². The van der Waals surface area contributed by atoms with Crippen molar-refractivity contribution in [3.63, 3.8) is 0 Å². The maximum Gasteiger partial charge on any atom is 0.274 e. The number of anilines is 3. The molecule has 132 valence electrons. The Morgan fingerprint density at radius 1 is 1.00 bits per heavy atom. The first-order chi connectivity index (χ1) is 13.0. The normalized spacial score (nSPS) is 9.93. The van der Waals surface area contributed by atoms with Crippen molar-refractivity contribution in [1.82, 2.24) is 9.97 Å². The van der Waals surface area contributed by atoms with Crippen LogP contribution in [0, 0.1) is 11.3 Å². The Labute approximate surface area is 155 Å². The third kappa shape index (κ3) is 4.52. The lowest BCUT2D eigenvalue weighted by Crippen LogP contribution is -2.14. The third-order valence-corrected chi connectivity index (χ3v) is 3.71. The molecule has 0 bridgehead atoms. The lowest BCUT2D eigenvalue weighted by Gasteiger charge is -2.08. The van der Waals surface area contributed by atoms with E-state index in [4.69, 9.17) is 5.26 Å². The molecule has 0 radical (unpaired) electrons. The van der Waals surface area contributed by atoms with Crippen LogP contribution in [-0.2, 0) is 0 Å². The highest BCUT2D eigenvalue weighted by Crippen LogP contribution is 2.17. The lowest BCUT2D eigenvalue weighted by atomic mass is 10.1. The molecule has 27 heavy (non-hydrogen) atoms. The van der Waals surface area contributed by atoms with Crippen molar-refractivity contribution in [1.29, 1.82) is 5.26 Å². The van der Waals surface area contributed by atoms with Gasteiger partial charge in [0.25, 0.3) is 5.91 Å². The van der Waals surface area contributed by atoms with Crippen molar-refractivity contribution in [2.45, 2.75) is 6.92 Å². The Hall–Kier alpha value is -4.05. The van der Waals surface area contributed by atoms with Gasteiger partial charge in [-0.25, -0.2) is 9.97 Å². The Kier molecular flexibility index (Phi) is 5.19. The van der Waals surface area contributed by atoms with Crippen molar-refractivity contribution in [3.05, 3.63) is 77.7 Å². The summed E-state index contributed by atoms with van der Waals surface area (Å²) in [6.45, 7) is 1.50. The van der Waals surface area contributed by atoms with E-state index in [1.165, 1.54) is 19.3 Å². The molecule has 0 aliphatic rings. The average Bonchev–Trinajstić information content (AvgIpc) is 2.69. The van der Waals surface area contributed by atoms with Crippen molar-refractivity contribution < 1.29 is 9.59 Å². The topological polar surface area (TPSA) is 108 Å². The number of hydrogen-bond acceptors (Lipinski definition) is 6. The van der Waals surface area contributed by atoms with E-state index in [1.54, 1.807) is 48.5 Å². The van der Waals surface area contributed by atoms with Gasteiger partial charge in [0.1, 0.15) is 17.8 Å². The zero-order valence-electron chi connectivity index (χ0n) is 14.4. The molecule has 0 fully saturated rings. The Morgan fingerprint density at radius 3 is 2.48 bits per heavy atom. The predicted molar refractivity (Wildman–Crippen MR) is 101 cm³/mol. The molecule has 0 saturated carbocycles. The first kappa shape index (κ1) is 17.8. The molecular weight excluding hydrogens is 342 g/mol. The smallest absolute Gasteiger partial charge is 0.274 e. The molecular formula is C20H15N5O2. The second-order valence-corrected chi connectivity index (χ2v) is 5.69. The van der Waals surface area contributed by atoms with Crippen molar-refractivity contribution >= 4 is 28.9 Å². The molecule has 1 amide bonds. The highest BCUT2D eigenvalue weighted by Gasteiger charge is 2.10. The quantitative estimate of drug-likeness (QED) is 0.676. The number of amides is 1. The average molecular weight is 357 g/mol. The summed E-state index contributed by atoms with van der Waals surface area (Å²) in [4.78, 5) is 31.9. The fourth-order valence-corrected chi connectivity index (χ4v) is 2.34. The number of hydrogen-bond donors (Lipinski definition) is 2. The summed E-state index contributed by atoms with van der Waals surface area (Å²) in [6.07, 6.45) is 1.28. The Morgan fingerprint density at radius 2 is 1.78 bits per heavy atom. The number of ketones is 1. The molecule has 3 rings (SSSR count). The van der Waals surface area contributed by atoms with Gasteiger partial charge in [-0.05, 0) is 43.3 Å². The van der Waals surface area contributed by atoms with Gasteiger partial charge in [0.05, 0.1) is 11.6 Å². The monoisotopic (exact) mass is 357 g/mol. The van der Waals surface area contributed by atoms with E-state index in [9.17, 15) is 9.59 Å². The molecule has 2 N–H and O–H groups in total. The molecule has 0 aliphatic heterocycles. The summed E-state index contributed by atoms with van der Waals surface area (Å²) in [5.74, 6) is -0.0119. The zero-order chi connectivity index (χ0) is 19.2. The van der Waals surface area contributed by atoms with Gasteiger partial charge >= 0.3 is 0 Å². The van der Waals surface area contributed by atoms with Crippen LogP contribution in [0.1, 0.15) is 33.3 Å². The molecule has 0 aliphatic carbocycles. The predicted octanol–water partition coefficient (Wildman–Crippen LogP) is 3.55. The summed E-state index contributed by atoms with van der Waals surface area (Å²) < 4.78 is 0. The van der Waals surface area contributed by atoms with Crippen molar-refractivity contribution in [2.75, 3.05) is 10.6 Å². The molecule has 0 unspecified atom stereocenters. The zero-order valence-corrected chi connectivity index (χ0v) is 14.4. The van der Waals surface area contributed by atoms with E-state index in [0.717, 1.165) is 0 Å². The van der Waals surface area contributed by atoms with E-state index in [2.05, 4.69) is 20.6 Å². The van der Waals surface area contributed by atoms with Crippen LogP contribution < -0.4 is 10.6 Å². The number of nitrogens with zero attached hydrogens (tertiary/aromatic N) is 3. The van der Waals surface area contributed by atoms with E-state index < -0.39 is 5.91 Å². The van der Waals surface area contributed by atoms with Crippen molar-refractivity contribution in [3.8, 4) is 6.07 Å². The number of carbonyl (C=O) groups is 2. The number of nitrogens with one attached hydrogen (secondary N) is 2. The Bertz CT molecular complexity index is 1040. The summed E-state index contributed by atoms with van der Waals surface area (Å²) in [6, 6.07) is 17.0. The number of Topliss-reactive ketones (excluding diaryl/α,β-unsaturated/α-hetero) is 1. The number of carbonyl (C=O) groups excluding carboxylic acids is 2. The van der Waals surface area contributed by atoms with Gasteiger partial charge in [-0.2, -0.15) is 5.26 Å². The Balaban J connectivity index is 1.74. The highest BCUT2D eigenvalue weighted by atomic mass is 16.2. The lowest BCUT2D eigenvalue weighted by molar-refractivity contribution is 0.101. The van der Waals surface area contributed by atoms with Crippen molar-refractivity contribution in [2.24, 2.45) is 0 Å². The summed E-state index contributed by atoms with van der Waals surface area (Å²) in [7, 11) is 0. The number of rotatable bonds is 5. The fourth-order valence-electron chi connectivity index (χ4n) is 2.34. The van der Waals surface area contributed by atoms with Gasteiger partial charge in [-0.3, -0.25) is 9.59 Å². The standard InChI is InChI=1S/C20H15N5O2/c1-13(26)15-3-2-4-17(9-15)24-19-10-18(22-12-23-19)20(27)25-16-7-5-14(11-21)6-8-16/h2-10,12H,1H3,(H,25,27)(H,22,23,24). The summed E-state index contributed by atoms with van der Waals surface area (Å²) in [5, 5.41) is 14.6. The van der Waals surface area contributed by atoms with Crippen LogP contribution in [0.4, 0.5) is 17.2 Å². The minimum atomic E-state index is -0.400. The minimum Gasteiger partial charge on any atom is -0.340 e. The van der Waals surface area contributed by atoms with Gasteiger partial charge in [-0.15, -0.1) is 0 Å². The molecule has 7 nitrogen and oxygen atoms in total. The first-order valence-corrected chi connectivity index (χ1v) is 8.07. The largest absolute Gasteiger partial charge is 0.340 e. The van der Waals surface area contributed by atoms with Crippen LogP contribution in [0.15, 0.2) is 60.9 Å². The van der Waals surface area contributed by atoms with Crippen LogP contribution in [0.3, 0.4) is 0 Å². The van der Waals surface area contributed by atoms with Crippen LogP contribution >= 0.6 is 0 Å². The molecule has 3 aromatic rings. The minimum absolute atomic E-state index is 0.0381. The second kappa shape index (κ2) is 7.89. The highest BCUT2D eigenvalue weighted by molar-refractivity contribution is 6.03. The van der Waals surface area contributed by atoms with Crippen LogP contribution in [0.25, 0.3) is 0 Å². The van der Waals surface area contributed by atoms with Crippen LogP contribution in [0.2, 0.25) is 0 Å². The number of aromatic nitrogens is 2. The maximum atomic E-state index is 12.4. The number of benzene rings is 2. The molecule has 0 saturated heterocycles. The first-order valence-electron chi connectivity index (χ1n) is 8.07. The van der Waals surface area contributed by atoms with E-state index in [-0.39, 0.29) is 11.5 Å². The van der Waals surface area contributed by atoms with Crippen LogP contribution in [0.5, 0.6) is 0 Å². The molecule has 0 atom stereocenters. The molecule has 1 heterocycles. The van der Waals surface area contributed by atoms with E-state index in [1.807, 2.05) is 6.07 Å². The fraction of sp³-hybridized carbons (Fsp3) is 0.0500. The van der Waals surface area contributed by atoms with Gasteiger partial charge < -0.3 is 10.6 Å².